The number of nitrogens with one attached hydrogen (secondary N) is 1. The van der Waals surface area contributed by atoms with E-state index in [-0.39, 0.29) is 12.0 Å². The molecule has 1 unspecified atom stereocenters. The second-order valence-electron chi connectivity index (χ2n) is 3.89. The summed E-state index contributed by atoms with van der Waals surface area (Å²) in [5, 5.41) is 7.29. The second kappa shape index (κ2) is 5.53. The van der Waals surface area contributed by atoms with Crippen molar-refractivity contribution in [1.29, 1.82) is 0 Å². The van der Waals surface area contributed by atoms with Crippen molar-refractivity contribution in [3.8, 4) is 0 Å². The molecule has 90 valence electrons. The molecule has 1 heterocycles. The number of anilines is 1. The van der Waals surface area contributed by atoms with Crippen molar-refractivity contribution in [3.63, 3.8) is 0 Å². The summed E-state index contributed by atoms with van der Waals surface area (Å²) in [6.45, 7) is 8.03. The van der Waals surface area contributed by atoms with Gasteiger partial charge in [0, 0.05) is 18.3 Å². The molecule has 0 aliphatic heterocycles. The molecule has 5 heteroatoms. The quantitative estimate of drug-likeness (QED) is 0.777. The van der Waals surface area contributed by atoms with E-state index in [1.165, 1.54) is 0 Å². The minimum atomic E-state index is -0.379. The predicted octanol–water partition coefficient (Wildman–Crippen LogP) is 1.83. The number of esters is 1. The molecule has 1 atom stereocenters. The van der Waals surface area contributed by atoms with E-state index < -0.39 is 0 Å². The van der Waals surface area contributed by atoms with Crippen molar-refractivity contribution in [2.24, 2.45) is 0 Å². The van der Waals surface area contributed by atoms with Crippen LogP contribution in [0.25, 0.3) is 0 Å². The van der Waals surface area contributed by atoms with Crippen LogP contribution in [0.4, 0.5) is 5.82 Å². The van der Waals surface area contributed by atoms with Gasteiger partial charge in [0.25, 0.3) is 0 Å². The number of carbonyl (C=O) groups excluding carboxylic acids is 1. The molecule has 0 radical (unpaired) electrons. The summed E-state index contributed by atoms with van der Waals surface area (Å²) in [5.41, 5.74) is 0. The Morgan fingerprint density at radius 2 is 2.25 bits per heavy atom. The maximum atomic E-state index is 11.4. The van der Waals surface area contributed by atoms with Crippen molar-refractivity contribution < 1.29 is 9.53 Å². The third kappa shape index (κ3) is 3.25. The highest BCUT2D eigenvalue weighted by Crippen LogP contribution is 2.09. The van der Waals surface area contributed by atoms with Crippen LogP contribution in [0.1, 0.15) is 33.7 Å². The number of hydrogen-bond donors (Lipinski definition) is 1. The Bertz CT molecular complexity index is 347. The zero-order chi connectivity index (χ0) is 12.1. The fourth-order valence-corrected chi connectivity index (χ4v) is 1.25. The van der Waals surface area contributed by atoms with Gasteiger partial charge >= 0.3 is 5.97 Å². The van der Waals surface area contributed by atoms with Crippen molar-refractivity contribution in [2.45, 2.75) is 39.8 Å². The van der Waals surface area contributed by atoms with E-state index in [0.29, 0.717) is 18.5 Å². The average molecular weight is 225 g/mol. The molecule has 0 aromatic carbocycles. The van der Waals surface area contributed by atoms with Crippen LogP contribution in [0.3, 0.4) is 0 Å². The lowest BCUT2D eigenvalue weighted by Gasteiger charge is -2.11. The van der Waals surface area contributed by atoms with Gasteiger partial charge in [-0.1, -0.05) is 0 Å². The molecule has 16 heavy (non-hydrogen) atoms. The SMILES string of the molecule is CCOC(=O)C(C)Nc1ccn(C(C)C)n1. The molecule has 0 spiro atoms. The van der Waals surface area contributed by atoms with Crippen LogP contribution in [0.5, 0.6) is 0 Å². The number of ether oxygens (including phenoxy) is 1. The molecule has 1 aromatic rings. The van der Waals surface area contributed by atoms with E-state index in [0.717, 1.165) is 0 Å². The first kappa shape index (κ1) is 12.5. The van der Waals surface area contributed by atoms with Gasteiger partial charge in [-0.2, -0.15) is 5.10 Å². The predicted molar refractivity (Wildman–Crippen MR) is 62.3 cm³/mol. The van der Waals surface area contributed by atoms with Gasteiger partial charge in [-0.3, -0.25) is 4.68 Å². The lowest BCUT2D eigenvalue weighted by atomic mass is 10.3. The summed E-state index contributed by atoms with van der Waals surface area (Å²) in [5.74, 6) is 0.427. The average Bonchev–Trinajstić information content (AvgIpc) is 2.66. The topological polar surface area (TPSA) is 56.1 Å². The van der Waals surface area contributed by atoms with Crippen LogP contribution in [0, 0.1) is 0 Å². The van der Waals surface area contributed by atoms with Crippen molar-refractivity contribution in [2.75, 3.05) is 11.9 Å². The summed E-state index contributed by atoms with van der Waals surface area (Å²) in [4.78, 5) is 11.4. The molecule has 0 aliphatic carbocycles. The zero-order valence-corrected chi connectivity index (χ0v) is 10.2. The zero-order valence-electron chi connectivity index (χ0n) is 10.2. The minimum absolute atomic E-state index is 0.262. The monoisotopic (exact) mass is 225 g/mol. The Morgan fingerprint density at radius 1 is 1.56 bits per heavy atom. The Kier molecular flexibility index (Phi) is 4.34. The summed E-state index contributed by atoms with van der Waals surface area (Å²) < 4.78 is 6.73. The van der Waals surface area contributed by atoms with Gasteiger partial charge in [0.2, 0.25) is 0 Å². The van der Waals surface area contributed by atoms with Crippen molar-refractivity contribution in [3.05, 3.63) is 12.3 Å². The van der Waals surface area contributed by atoms with E-state index in [1.807, 2.05) is 30.8 Å². The van der Waals surface area contributed by atoms with Gasteiger partial charge in [-0.15, -0.1) is 0 Å². The Morgan fingerprint density at radius 3 is 2.75 bits per heavy atom. The highest BCUT2D eigenvalue weighted by molar-refractivity contribution is 5.78. The smallest absolute Gasteiger partial charge is 0.328 e. The third-order valence-electron chi connectivity index (χ3n) is 2.14. The summed E-state index contributed by atoms with van der Waals surface area (Å²) in [6, 6.07) is 1.78. The van der Waals surface area contributed by atoms with Crippen LogP contribution in [0.2, 0.25) is 0 Å². The standard InChI is InChI=1S/C11H19N3O2/c1-5-16-11(15)9(4)12-10-6-7-14(13-10)8(2)3/h6-9H,5H2,1-4H3,(H,12,13). The molecule has 0 fully saturated rings. The Labute approximate surface area is 95.8 Å². The number of nitrogens with zero attached hydrogens (tertiary/aromatic N) is 2. The summed E-state index contributed by atoms with van der Waals surface area (Å²) >= 11 is 0. The van der Waals surface area contributed by atoms with Gasteiger partial charge in [0.15, 0.2) is 0 Å². The van der Waals surface area contributed by atoms with E-state index in [2.05, 4.69) is 10.4 Å². The van der Waals surface area contributed by atoms with E-state index in [4.69, 9.17) is 4.74 Å². The Balaban J connectivity index is 2.55. The normalized spacial score (nSPS) is 12.6. The highest BCUT2D eigenvalue weighted by atomic mass is 16.5. The first-order valence-corrected chi connectivity index (χ1v) is 5.53. The van der Waals surface area contributed by atoms with E-state index in [1.54, 1.807) is 13.8 Å². The van der Waals surface area contributed by atoms with Crippen molar-refractivity contribution in [1.82, 2.24) is 9.78 Å². The molecule has 5 nitrogen and oxygen atoms in total. The maximum Gasteiger partial charge on any atom is 0.328 e. The lowest BCUT2D eigenvalue weighted by Crippen LogP contribution is -2.28. The van der Waals surface area contributed by atoms with Crippen LogP contribution in [0.15, 0.2) is 12.3 Å². The third-order valence-corrected chi connectivity index (χ3v) is 2.14. The molecule has 0 saturated carbocycles. The molecule has 0 bridgehead atoms. The van der Waals surface area contributed by atoms with Gasteiger partial charge < -0.3 is 10.1 Å². The fraction of sp³-hybridized carbons (Fsp3) is 0.636. The van der Waals surface area contributed by atoms with E-state index >= 15 is 0 Å². The molecule has 0 amide bonds. The van der Waals surface area contributed by atoms with Crippen LogP contribution in [-0.2, 0) is 9.53 Å². The van der Waals surface area contributed by atoms with Crippen LogP contribution >= 0.6 is 0 Å². The van der Waals surface area contributed by atoms with Crippen molar-refractivity contribution >= 4 is 11.8 Å². The summed E-state index contributed by atoms with van der Waals surface area (Å²) in [7, 11) is 0. The Hall–Kier alpha value is -1.52. The van der Waals surface area contributed by atoms with Gasteiger partial charge in [-0.05, 0) is 27.7 Å². The first-order chi connectivity index (χ1) is 7.54. The van der Waals surface area contributed by atoms with Gasteiger partial charge in [0.1, 0.15) is 11.9 Å². The number of hydrogen-bond acceptors (Lipinski definition) is 4. The lowest BCUT2D eigenvalue weighted by molar-refractivity contribution is -0.143. The van der Waals surface area contributed by atoms with Crippen LogP contribution < -0.4 is 5.32 Å². The minimum Gasteiger partial charge on any atom is -0.464 e. The molecule has 1 N–H and O–H groups in total. The van der Waals surface area contributed by atoms with Gasteiger partial charge in [0.05, 0.1) is 6.61 Å². The molecular formula is C11H19N3O2. The highest BCUT2D eigenvalue weighted by Gasteiger charge is 2.14. The number of carbonyl (C=O) groups is 1. The summed E-state index contributed by atoms with van der Waals surface area (Å²) in [6.07, 6.45) is 1.88. The van der Waals surface area contributed by atoms with Crippen LogP contribution in [-0.4, -0.2) is 28.4 Å². The first-order valence-electron chi connectivity index (χ1n) is 5.53. The molecule has 0 aliphatic rings. The van der Waals surface area contributed by atoms with E-state index in [9.17, 15) is 4.79 Å². The van der Waals surface area contributed by atoms with Gasteiger partial charge in [-0.25, -0.2) is 4.79 Å². The molecular weight excluding hydrogens is 206 g/mol. The largest absolute Gasteiger partial charge is 0.464 e. The number of aromatic nitrogens is 2. The molecule has 1 rings (SSSR count). The molecule has 1 aromatic heterocycles. The fourth-order valence-electron chi connectivity index (χ4n) is 1.25. The maximum absolute atomic E-state index is 11.4. The molecule has 0 saturated heterocycles. The number of rotatable bonds is 5. The second-order valence-corrected chi connectivity index (χ2v) is 3.89.